The number of amides is 2. The second kappa shape index (κ2) is 8.58. The van der Waals surface area contributed by atoms with Gasteiger partial charge in [-0.05, 0) is 48.2 Å². The van der Waals surface area contributed by atoms with Gasteiger partial charge in [-0.3, -0.25) is 9.59 Å². The van der Waals surface area contributed by atoms with Crippen LogP contribution in [0.2, 0.25) is 5.02 Å². The topological polar surface area (TPSA) is 56.4 Å². The number of aromatic amines is 1. The van der Waals surface area contributed by atoms with E-state index in [1.807, 2.05) is 47.4 Å². The quantitative estimate of drug-likeness (QED) is 0.441. The van der Waals surface area contributed by atoms with Gasteiger partial charge in [-0.15, -0.1) is 0 Å². The largest absolute Gasteiger partial charge is 0.356 e. The molecule has 1 N–H and O–H groups in total. The van der Waals surface area contributed by atoms with E-state index >= 15 is 0 Å². The van der Waals surface area contributed by atoms with Crippen molar-refractivity contribution in [2.75, 3.05) is 13.1 Å². The van der Waals surface area contributed by atoms with Gasteiger partial charge in [0.1, 0.15) is 6.04 Å². The fraction of sp³-hybridized carbons (Fsp3) is 0.241. The van der Waals surface area contributed by atoms with E-state index in [4.69, 9.17) is 11.6 Å². The van der Waals surface area contributed by atoms with Crippen LogP contribution in [0.4, 0.5) is 0 Å². The Morgan fingerprint density at radius 1 is 1.00 bits per heavy atom. The first-order chi connectivity index (χ1) is 17.0. The first-order valence-corrected chi connectivity index (χ1v) is 12.4. The lowest BCUT2D eigenvalue weighted by Gasteiger charge is -2.47. The summed E-state index contributed by atoms with van der Waals surface area (Å²) in [5, 5.41) is 1.81. The Balaban J connectivity index is 1.38. The Labute approximate surface area is 209 Å². The minimum atomic E-state index is -0.515. The first-order valence-electron chi connectivity index (χ1n) is 12.0. The van der Waals surface area contributed by atoms with Crippen LogP contribution in [0.25, 0.3) is 10.9 Å². The van der Waals surface area contributed by atoms with Gasteiger partial charge in [0, 0.05) is 34.6 Å². The van der Waals surface area contributed by atoms with Crippen LogP contribution in [0, 0.1) is 6.92 Å². The monoisotopic (exact) mass is 483 g/mol. The Morgan fingerprint density at radius 3 is 2.60 bits per heavy atom. The smallest absolute Gasteiger partial charge is 0.246 e. The summed E-state index contributed by atoms with van der Waals surface area (Å²) in [6, 6.07) is 23.3. The van der Waals surface area contributed by atoms with E-state index in [-0.39, 0.29) is 24.4 Å². The van der Waals surface area contributed by atoms with Crippen LogP contribution in [-0.4, -0.2) is 45.7 Å². The van der Waals surface area contributed by atoms with Gasteiger partial charge in [0.15, 0.2) is 0 Å². The van der Waals surface area contributed by atoms with Crippen molar-refractivity contribution in [2.24, 2.45) is 0 Å². The van der Waals surface area contributed by atoms with E-state index in [2.05, 4.69) is 42.2 Å². The van der Waals surface area contributed by atoms with Gasteiger partial charge in [0.25, 0.3) is 0 Å². The summed E-state index contributed by atoms with van der Waals surface area (Å²) in [6.45, 7) is 2.66. The third kappa shape index (κ3) is 3.80. The number of fused-ring (bicyclic) bond motifs is 4. The van der Waals surface area contributed by atoms with E-state index < -0.39 is 6.04 Å². The number of carbonyl (C=O) groups is 2. The number of piperazine rings is 1. The minimum absolute atomic E-state index is 0.0125. The summed E-state index contributed by atoms with van der Waals surface area (Å²) >= 11 is 6.01. The van der Waals surface area contributed by atoms with Gasteiger partial charge in [0.2, 0.25) is 11.8 Å². The fourth-order valence-corrected chi connectivity index (χ4v) is 5.74. The Bertz CT molecular complexity index is 1440. The molecule has 3 aromatic carbocycles. The van der Waals surface area contributed by atoms with Crippen molar-refractivity contribution in [2.45, 2.75) is 31.8 Å². The number of nitrogens with zero attached hydrogens (tertiary/aromatic N) is 2. The zero-order valence-electron chi connectivity index (χ0n) is 19.5. The molecule has 6 rings (SSSR count). The van der Waals surface area contributed by atoms with Crippen LogP contribution in [0.3, 0.4) is 0 Å². The molecule has 4 aromatic rings. The predicted molar refractivity (Wildman–Crippen MR) is 137 cm³/mol. The summed E-state index contributed by atoms with van der Waals surface area (Å²) in [5.74, 6) is 0.00802. The van der Waals surface area contributed by atoms with Gasteiger partial charge in [0.05, 0.1) is 12.6 Å². The summed E-state index contributed by atoms with van der Waals surface area (Å²) in [5.41, 5.74) is 6.44. The maximum Gasteiger partial charge on any atom is 0.246 e. The molecule has 3 heterocycles. The molecule has 5 nitrogen and oxygen atoms in total. The number of aromatic nitrogens is 1. The van der Waals surface area contributed by atoms with E-state index in [1.165, 1.54) is 0 Å². The van der Waals surface area contributed by atoms with Crippen LogP contribution < -0.4 is 0 Å². The van der Waals surface area contributed by atoms with E-state index in [1.54, 1.807) is 4.90 Å². The van der Waals surface area contributed by atoms with Crippen LogP contribution in [-0.2, 0) is 22.4 Å². The van der Waals surface area contributed by atoms with Gasteiger partial charge in [-0.25, -0.2) is 0 Å². The summed E-state index contributed by atoms with van der Waals surface area (Å²) in [7, 11) is 0. The van der Waals surface area contributed by atoms with Crippen molar-refractivity contribution >= 4 is 34.3 Å². The zero-order valence-corrected chi connectivity index (χ0v) is 20.3. The highest BCUT2D eigenvalue weighted by atomic mass is 35.5. The number of hydrogen-bond acceptors (Lipinski definition) is 2. The molecule has 35 heavy (non-hydrogen) atoms. The number of carbonyl (C=O) groups excluding carboxylic acids is 2. The molecule has 176 valence electrons. The van der Waals surface area contributed by atoms with Crippen molar-refractivity contribution in [3.63, 3.8) is 0 Å². The Hall–Kier alpha value is -3.57. The van der Waals surface area contributed by atoms with E-state index in [9.17, 15) is 9.59 Å². The van der Waals surface area contributed by atoms with Gasteiger partial charge >= 0.3 is 0 Å². The lowest BCUT2D eigenvalue weighted by atomic mass is 9.86. The SMILES string of the molecule is Cc1cccc(C2c3[nH]c4ccccc4c3C[C@H]3C(=O)N(CCc4ccc(Cl)cc4)CC(=O)N23)c1. The van der Waals surface area contributed by atoms with Crippen molar-refractivity contribution in [1.29, 1.82) is 0 Å². The second-order valence-corrected chi connectivity index (χ2v) is 9.97. The van der Waals surface area contributed by atoms with Gasteiger partial charge in [-0.2, -0.15) is 0 Å². The molecular formula is C29H26ClN3O2. The number of rotatable bonds is 4. The molecule has 2 aliphatic heterocycles. The third-order valence-corrected chi connectivity index (χ3v) is 7.54. The molecule has 0 radical (unpaired) electrons. The number of para-hydroxylation sites is 1. The minimum Gasteiger partial charge on any atom is -0.356 e. The maximum absolute atomic E-state index is 13.8. The number of aryl methyl sites for hydroxylation is 1. The fourth-order valence-electron chi connectivity index (χ4n) is 5.61. The zero-order chi connectivity index (χ0) is 24.1. The molecular weight excluding hydrogens is 458 g/mol. The molecule has 0 spiro atoms. The van der Waals surface area contributed by atoms with Crippen molar-refractivity contribution in [3.05, 3.63) is 106 Å². The van der Waals surface area contributed by atoms with Crippen LogP contribution in [0.15, 0.2) is 72.8 Å². The number of benzene rings is 3. The molecule has 0 saturated carbocycles. The number of halogens is 1. The molecule has 0 bridgehead atoms. The average molecular weight is 484 g/mol. The molecule has 2 amide bonds. The normalized spacial score (nSPS) is 19.7. The molecule has 2 atom stereocenters. The summed E-state index contributed by atoms with van der Waals surface area (Å²) in [4.78, 5) is 34.6. The van der Waals surface area contributed by atoms with Crippen LogP contribution >= 0.6 is 11.6 Å². The number of H-pyrrole nitrogens is 1. The Morgan fingerprint density at radius 2 is 1.80 bits per heavy atom. The highest BCUT2D eigenvalue weighted by Crippen LogP contribution is 2.42. The molecule has 6 heteroatoms. The van der Waals surface area contributed by atoms with Crippen molar-refractivity contribution < 1.29 is 9.59 Å². The molecule has 1 saturated heterocycles. The van der Waals surface area contributed by atoms with Crippen LogP contribution in [0.1, 0.15) is 34.0 Å². The molecule has 1 aromatic heterocycles. The second-order valence-electron chi connectivity index (χ2n) is 9.54. The highest BCUT2D eigenvalue weighted by molar-refractivity contribution is 6.30. The van der Waals surface area contributed by atoms with E-state index in [0.29, 0.717) is 24.4 Å². The van der Waals surface area contributed by atoms with Crippen molar-refractivity contribution in [1.82, 2.24) is 14.8 Å². The summed E-state index contributed by atoms with van der Waals surface area (Å²) in [6.07, 6.45) is 1.20. The number of hydrogen-bond donors (Lipinski definition) is 1. The highest BCUT2D eigenvalue weighted by Gasteiger charge is 2.48. The standard InChI is InChI=1S/C29H26ClN3O2/c1-18-5-4-6-20(15-18)28-27-23(22-7-2-3-8-24(22)31-27)16-25-29(35)32(17-26(34)33(25)28)14-13-19-9-11-21(30)12-10-19/h2-12,15,25,28,31H,13-14,16-17H2,1H3/t25-,28?/m0/s1. The predicted octanol–water partition coefficient (Wildman–Crippen LogP) is 5.06. The lowest BCUT2D eigenvalue weighted by Crippen LogP contribution is -2.63. The Kier molecular flexibility index (Phi) is 5.37. The number of nitrogens with one attached hydrogen (secondary N) is 1. The average Bonchev–Trinajstić information content (AvgIpc) is 3.23. The van der Waals surface area contributed by atoms with E-state index in [0.717, 1.165) is 38.9 Å². The van der Waals surface area contributed by atoms with Gasteiger partial charge in [-0.1, -0.05) is 71.8 Å². The molecule has 1 unspecified atom stereocenters. The molecule has 1 fully saturated rings. The van der Waals surface area contributed by atoms with Crippen LogP contribution in [0.5, 0.6) is 0 Å². The van der Waals surface area contributed by atoms with Gasteiger partial charge < -0.3 is 14.8 Å². The molecule has 0 aliphatic carbocycles. The first kappa shape index (κ1) is 21.9. The third-order valence-electron chi connectivity index (χ3n) is 7.28. The maximum atomic E-state index is 13.8. The van der Waals surface area contributed by atoms with Crippen molar-refractivity contribution in [3.8, 4) is 0 Å². The molecule has 2 aliphatic rings. The lowest BCUT2D eigenvalue weighted by molar-refractivity contribution is -0.158. The summed E-state index contributed by atoms with van der Waals surface area (Å²) < 4.78 is 0.